The molecule has 1 aromatic carbocycles. The van der Waals surface area contributed by atoms with Crippen molar-refractivity contribution in [3.63, 3.8) is 0 Å². The van der Waals surface area contributed by atoms with E-state index >= 15 is 0 Å². The van der Waals surface area contributed by atoms with Gasteiger partial charge in [0.15, 0.2) is 0 Å². The van der Waals surface area contributed by atoms with Crippen molar-refractivity contribution < 1.29 is 19.9 Å². The van der Waals surface area contributed by atoms with Crippen LogP contribution >= 0.6 is 35.6 Å². The molecule has 3 atom stereocenters. The summed E-state index contributed by atoms with van der Waals surface area (Å²) in [6.45, 7) is 1.17. The molecular weight excluding hydrogens is 425 g/mol. The van der Waals surface area contributed by atoms with Gasteiger partial charge in [0.1, 0.15) is 5.54 Å². The predicted molar refractivity (Wildman–Crippen MR) is 115 cm³/mol. The number of benzene rings is 1. The minimum Gasteiger partial charge on any atom is -0.480 e. The second-order valence-electron chi connectivity index (χ2n) is 7.69. The number of hydrogen-bond donors (Lipinski definition) is 4. The molecule has 0 unspecified atom stereocenters. The third-order valence-corrected chi connectivity index (χ3v) is 6.22. The summed E-state index contributed by atoms with van der Waals surface area (Å²) in [5, 5.41) is 28.9. The van der Waals surface area contributed by atoms with E-state index in [4.69, 9.17) is 39.0 Å². The third-order valence-electron chi connectivity index (χ3n) is 5.48. The summed E-state index contributed by atoms with van der Waals surface area (Å²) in [4.78, 5) is 14.0. The van der Waals surface area contributed by atoms with Gasteiger partial charge in [-0.25, -0.2) is 0 Å². The van der Waals surface area contributed by atoms with Crippen LogP contribution in [0.1, 0.15) is 31.2 Å². The molecule has 0 aromatic heterocycles. The summed E-state index contributed by atoms with van der Waals surface area (Å²) in [6, 6.07) is 5.46. The van der Waals surface area contributed by atoms with Crippen LogP contribution in [-0.2, 0) is 11.3 Å². The fourth-order valence-corrected chi connectivity index (χ4v) is 4.30. The van der Waals surface area contributed by atoms with Crippen molar-refractivity contribution in [2.24, 2.45) is 17.6 Å². The molecule has 2 rings (SSSR count). The minimum atomic E-state index is -1.36. The lowest BCUT2D eigenvalue weighted by Gasteiger charge is -2.43. The largest absolute Gasteiger partial charge is 0.480 e. The molecule has 6 nitrogen and oxygen atoms in total. The molecule has 1 saturated carbocycles. The molecule has 0 heterocycles. The predicted octanol–water partition coefficient (Wildman–Crippen LogP) is 2.91. The minimum absolute atomic E-state index is 0. The van der Waals surface area contributed by atoms with E-state index in [1.807, 2.05) is 24.1 Å². The maximum Gasteiger partial charge on any atom is 0.451 e. The van der Waals surface area contributed by atoms with Crippen LogP contribution in [0.2, 0.25) is 16.4 Å². The normalized spacial score (nSPS) is 24.7. The molecule has 0 bridgehead atoms. The first-order chi connectivity index (χ1) is 12.6. The van der Waals surface area contributed by atoms with Gasteiger partial charge in [-0.05, 0) is 56.2 Å². The molecule has 1 aromatic rings. The molecule has 5 N–H and O–H groups in total. The van der Waals surface area contributed by atoms with Gasteiger partial charge in [0, 0.05) is 19.0 Å². The summed E-state index contributed by atoms with van der Waals surface area (Å²) in [6.07, 6.45) is 2.68. The van der Waals surface area contributed by atoms with E-state index in [0.29, 0.717) is 42.4 Å². The molecule has 0 spiro atoms. The Balaban J connectivity index is 0.00000392. The number of rotatable bonds is 8. The van der Waals surface area contributed by atoms with Crippen LogP contribution in [0, 0.1) is 11.8 Å². The summed E-state index contributed by atoms with van der Waals surface area (Å²) >= 11 is 12.0. The Morgan fingerprint density at radius 3 is 2.57 bits per heavy atom. The zero-order valence-electron chi connectivity index (χ0n) is 15.9. The first-order valence-corrected chi connectivity index (χ1v) is 9.88. The monoisotopic (exact) mass is 452 g/mol. The molecule has 158 valence electrons. The second kappa shape index (κ2) is 11.0. The Labute approximate surface area is 182 Å². The number of carbonyl (C=O) groups is 1. The highest BCUT2D eigenvalue weighted by Gasteiger charge is 2.47. The molecule has 1 fully saturated rings. The van der Waals surface area contributed by atoms with Gasteiger partial charge in [-0.3, -0.25) is 4.79 Å². The summed E-state index contributed by atoms with van der Waals surface area (Å²) < 4.78 is 0. The van der Waals surface area contributed by atoms with Crippen LogP contribution in [-0.4, -0.2) is 52.3 Å². The molecule has 0 radical (unpaired) electrons. The quantitative estimate of drug-likeness (QED) is 0.451. The first kappa shape index (κ1) is 25.5. The molecule has 1 aliphatic rings. The molecule has 0 aliphatic heterocycles. The molecule has 28 heavy (non-hydrogen) atoms. The average Bonchev–Trinajstić information content (AvgIpc) is 2.58. The Morgan fingerprint density at radius 1 is 1.32 bits per heavy atom. The fourth-order valence-electron chi connectivity index (χ4n) is 3.98. The topological polar surface area (TPSA) is 107 Å². The van der Waals surface area contributed by atoms with Gasteiger partial charge in [-0.1, -0.05) is 35.7 Å². The standard InChI is InChI=1S/C18H27BCl2N2O4.ClH/c1-23(10-13-3-5-15(20)16(21)8-13)11-14-4-2-12(6-7-19(26)27)9-18(14,22)17(24)25;/h3,5,8,12,14,26-27H,2,4,6-7,9-11,22H2,1H3,(H,24,25);1H/t12-,14-,18+;/m0./s1. The van der Waals surface area contributed by atoms with Gasteiger partial charge in [-0.15, -0.1) is 12.4 Å². The average molecular weight is 454 g/mol. The number of nitrogens with two attached hydrogens (primary N) is 1. The summed E-state index contributed by atoms with van der Waals surface area (Å²) in [5.41, 5.74) is 6.02. The lowest BCUT2D eigenvalue weighted by atomic mass is 9.66. The smallest absolute Gasteiger partial charge is 0.451 e. The van der Waals surface area contributed by atoms with Crippen molar-refractivity contribution in [1.29, 1.82) is 0 Å². The van der Waals surface area contributed by atoms with Gasteiger partial charge in [0.2, 0.25) is 0 Å². The van der Waals surface area contributed by atoms with Crippen LogP contribution in [0.3, 0.4) is 0 Å². The Hall–Kier alpha value is -0.535. The van der Waals surface area contributed by atoms with Crippen molar-refractivity contribution in [1.82, 2.24) is 4.90 Å². The zero-order valence-corrected chi connectivity index (χ0v) is 18.2. The van der Waals surface area contributed by atoms with Crippen LogP contribution in [0.15, 0.2) is 18.2 Å². The van der Waals surface area contributed by atoms with Gasteiger partial charge in [0.05, 0.1) is 10.0 Å². The highest BCUT2D eigenvalue weighted by Crippen LogP contribution is 2.38. The van der Waals surface area contributed by atoms with E-state index in [1.165, 1.54) is 0 Å². The van der Waals surface area contributed by atoms with E-state index in [2.05, 4.69) is 0 Å². The van der Waals surface area contributed by atoms with Gasteiger partial charge in [-0.2, -0.15) is 0 Å². The highest BCUT2D eigenvalue weighted by molar-refractivity contribution is 6.42. The van der Waals surface area contributed by atoms with Crippen LogP contribution < -0.4 is 5.73 Å². The van der Waals surface area contributed by atoms with E-state index in [-0.39, 0.29) is 30.6 Å². The second-order valence-corrected chi connectivity index (χ2v) is 8.51. The van der Waals surface area contributed by atoms with E-state index in [9.17, 15) is 9.90 Å². The summed E-state index contributed by atoms with van der Waals surface area (Å²) in [5.74, 6) is -1.09. The maximum atomic E-state index is 11.9. The SMILES string of the molecule is CN(Cc1ccc(Cl)c(Cl)c1)C[C@@H]1CC[C@@H](CCB(O)O)C[C@]1(N)C(=O)O.Cl. The zero-order chi connectivity index (χ0) is 20.2. The number of carboxylic acid groups (broad SMARTS) is 1. The molecular formula is C18H28BCl3N2O4. The number of halogens is 3. The van der Waals surface area contributed by atoms with E-state index in [1.54, 1.807) is 6.07 Å². The van der Waals surface area contributed by atoms with Crippen molar-refractivity contribution in [2.45, 2.75) is 44.1 Å². The van der Waals surface area contributed by atoms with Crippen molar-refractivity contribution in [3.05, 3.63) is 33.8 Å². The fraction of sp³-hybridized carbons (Fsp3) is 0.611. The Bertz CT molecular complexity index is 668. The Kier molecular flexibility index (Phi) is 10.0. The first-order valence-electron chi connectivity index (χ1n) is 9.12. The number of carboxylic acids is 1. The molecule has 0 saturated heterocycles. The molecule has 10 heteroatoms. The van der Waals surface area contributed by atoms with Gasteiger partial charge in [0.25, 0.3) is 0 Å². The Morgan fingerprint density at radius 2 is 2.00 bits per heavy atom. The summed E-state index contributed by atoms with van der Waals surface area (Å²) in [7, 11) is 0.566. The van der Waals surface area contributed by atoms with Crippen molar-refractivity contribution in [3.8, 4) is 0 Å². The molecule has 0 amide bonds. The van der Waals surface area contributed by atoms with Crippen LogP contribution in [0.4, 0.5) is 0 Å². The lowest BCUT2D eigenvalue weighted by molar-refractivity contribution is -0.148. The van der Waals surface area contributed by atoms with Crippen molar-refractivity contribution in [2.75, 3.05) is 13.6 Å². The highest BCUT2D eigenvalue weighted by atomic mass is 35.5. The van der Waals surface area contributed by atoms with E-state index in [0.717, 1.165) is 12.0 Å². The van der Waals surface area contributed by atoms with Crippen LogP contribution in [0.5, 0.6) is 0 Å². The number of hydrogen-bond acceptors (Lipinski definition) is 5. The third kappa shape index (κ3) is 6.77. The molecule has 1 aliphatic carbocycles. The van der Waals surface area contributed by atoms with E-state index < -0.39 is 18.6 Å². The number of aliphatic carboxylic acids is 1. The lowest BCUT2D eigenvalue weighted by Crippen LogP contribution is -2.59. The van der Waals surface area contributed by atoms with Gasteiger partial charge >= 0.3 is 13.1 Å². The number of nitrogens with zero attached hydrogens (tertiary/aromatic N) is 1. The van der Waals surface area contributed by atoms with Crippen LogP contribution in [0.25, 0.3) is 0 Å². The van der Waals surface area contributed by atoms with Gasteiger partial charge < -0.3 is 25.8 Å². The van der Waals surface area contributed by atoms with Crippen molar-refractivity contribution >= 4 is 48.7 Å². The maximum absolute atomic E-state index is 11.9.